The summed E-state index contributed by atoms with van der Waals surface area (Å²) in [4.78, 5) is 22.7. The van der Waals surface area contributed by atoms with Crippen molar-refractivity contribution in [3.8, 4) is 0 Å². The fourth-order valence-electron chi connectivity index (χ4n) is 1.40. The molecule has 1 unspecified atom stereocenters. The van der Waals surface area contributed by atoms with Crippen LogP contribution in [0, 0.1) is 6.92 Å². The maximum absolute atomic E-state index is 11.6. The Morgan fingerprint density at radius 1 is 1.41 bits per heavy atom. The van der Waals surface area contributed by atoms with Gasteiger partial charge in [-0.25, -0.2) is 9.59 Å². The van der Waals surface area contributed by atoms with Crippen LogP contribution in [0.4, 0.5) is 0 Å². The average molecular weight is 238 g/mol. The lowest BCUT2D eigenvalue weighted by Crippen LogP contribution is -2.18. The number of aliphatic hydroxyl groups excluding tert-OH is 1. The largest absolute Gasteiger partial charge is 0.478 e. The van der Waals surface area contributed by atoms with Crippen molar-refractivity contribution in [3.63, 3.8) is 0 Å². The number of rotatable bonds is 4. The minimum absolute atomic E-state index is 0.00171. The van der Waals surface area contributed by atoms with Gasteiger partial charge in [0.05, 0.1) is 17.2 Å². The number of aryl methyl sites for hydroxylation is 1. The molecule has 1 aromatic carbocycles. The number of benzene rings is 1. The van der Waals surface area contributed by atoms with Crippen LogP contribution in [0.1, 0.15) is 33.2 Å². The van der Waals surface area contributed by atoms with E-state index in [1.807, 2.05) is 0 Å². The van der Waals surface area contributed by atoms with Crippen molar-refractivity contribution in [2.75, 3.05) is 6.61 Å². The van der Waals surface area contributed by atoms with Crippen LogP contribution in [-0.2, 0) is 4.74 Å². The van der Waals surface area contributed by atoms with E-state index in [0.717, 1.165) is 0 Å². The smallest absolute Gasteiger partial charge is 0.339 e. The van der Waals surface area contributed by atoms with Gasteiger partial charge in [0.15, 0.2) is 0 Å². The van der Waals surface area contributed by atoms with Crippen LogP contribution in [0.5, 0.6) is 0 Å². The Morgan fingerprint density at radius 3 is 2.59 bits per heavy atom. The molecule has 0 saturated heterocycles. The molecular formula is C12H14O5. The molecule has 0 aromatic heterocycles. The monoisotopic (exact) mass is 238 g/mol. The highest BCUT2D eigenvalue weighted by Gasteiger charge is 2.19. The zero-order chi connectivity index (χ0) is 13.0. The molecule has 0 amide bonds. The first-order valence-electron chi connectivity index (χ1n) is 5.11. The second-order valence-electron chi connectivity index (χ2n) is 3.75. The maximum Gasteiger partial charge on any atom is 0.339 e. The highest BCUT2D eigenvalue weighted by molar-refractivity contribution is 6.03. The van der Waals surface area contributed by atoms with Crippen LogP contribution in [0.2, 0.25) is 0 Å². The second kappa shape index (κ2) is 5.45. The molecule has 5 nitrogen and oxygen atoms in total. The number of aliphatic hydroxyl groups is 1. The van der Waals surface area contributed by atoms with Gasteiger partial charge in [0.25, 0.3) is 0 Å². The molecule has 0 saturated carbocycles. The van der Waals surface area contributed by atoms with E-state index in [4.69, 9.17) is 14.9 Å². The predicted molar refractivity (Wildman–Crippen MR) is 60.1 cm³/mol. The van der Waals surface area contributed by atoms with Gasteiger partial charge in [-0.2, -0.15) is 0 Å². The number of hydrogen-bond donors (Lipinski definition) is 2. The molecule has 0 fully saturated rings. The Kier molecular flexibility index (Phi) is 4.23. The van der Waals surface area contributed by atoms with E-state index < -0.39 is 18.0 Å². The molecule has 5 heteroatoms. The highest BCUT2D eigenvalue weighted by Crippen LogP contribution is 2.15. The Balaban J connectivity index is 3.01. The average Bonchev–Trinajstić information content (AvgIpc) is 2.24. The molecule has 1 atom stereocenters. The summed E-state index contributed by atoms with van der Waals surface area (Å²) in [5.41, 5.74) is 0.422. The lowest BCUT2D eigenvalue weighted by molar-refractivity contribution is 0.0292. The van der Waals surface area contributed by atoms with Crippen molar-refractivity contribution in [2.45, 2.75) is 20.0 Å². The number of carboxylic acids is 1. The number of carbonyl (C=O) groups excluding carboxylic acids is 1. The zero-order valence-electron chi connectivity index (χ0n) is 9.64. The number of aromatic carboxylic acids is 1. The third kappa shape index (κ3) is 3.29. The number of esters is 1. The van der Waals surface area contributed by atoms with E-state index >= 15 is 0 Å². The molecular weight excluding hydrogens is 224 g/mol. The Bertz CT molecular complexity index is 437. The summed E-state index contributed by atoms with van der Waals surface area (Å²) in [6, 6.07) is 4.58. The van der Waals surface area contributed by atoms with Crippen LogP contribution in [0.25, 0.3) is 0 Å². The fraction of sp³-hybridized carbons (Fsp3) is 0.333. The number of carbonyl (C=O) groups is 2. The normalized spacial score (nSPS) is 11.9. The summed E-state index contributed by atoms with van der Waals surface area (Å²) >= 11 is 0. The summed E-state index contributed by atoms with van der Waals surface area (Å²) in [5.74, 6) is -1.92. The summed E-state index contributed by atoms with van der Waals surface area (Å²) in [5, 5.41) is 18.0. The minimum Gasteiger partial charge on any atom is -0.478 e. The molecule has 0 radical (unpaired) electrons. The van der Waals surface area contributed by atoms with Crippen LogP contribution >= 0.6 is 0 Å². The van der Waals surface area contributed by atoms with E-state index in [1.54, 1.807) is 19.1 Å². The molecule has 2 N–H and O–H groups in total. The number of hydrogen-bond acceptors (Lipinski definition) is 4. The van der Waals surface area contributed by atoms with E-state index in [1.165, 1.54) is 13.0 Å². The van der Waals surface area contributed by atoms with Gasteiger partial charge in [-0.05, 0) is 25.5 Å². The van der Waals surface area contributed by atoms with Crippen molar-refractivity contribution >= 4 is 11.9 Å². The topological polar surface area (TPSA) is 83.8 Å². The van der Waals surface area contributed by atoms with Crippen LogP contribution < -0.4 is 0 Å². The zero-order valence-corrected chi connectivity index (χ0v) is 9.64. The first-order chi connectivity index (χ1) is 7.93. The second-order valence-corrected chi connectivity index (χ2v) is 3.75. The van der Waals surface area contributed by atoms with Crippen molar-refractivity contribution in [1.82, 2.24) is 0 Å². The van der Waals surface area contributed by atoms with Gasteiger partial charge in [-0.3, -0.25) is 0 Å². The SMILES string of the molecule is Cc1cccc(C(=O)OCC(C)O)c1C(=O)O. The minimum atomic E-state index is -1.17. The van der Waals surface area contributed by atoms with Gasteiger partial charge >= 0.3 is 11.9 Å². The molecule has 0 aliphatic rings. The third-order valence-corrected chi connectivity index (χ3v) is 2.16. The summed E-state index contributed by atoms with van der Waals surface area (Å²) in [6.07, 6.45) is -0.781. The van der Waals surface area contributed by atoms with E-state index in [0.29, 0.717) is 5.56 Å². The molecule has 0 heterocycles. The molecule has 92 valence electrons. The molecule has 0 bridgehead atoms. The van der Waals surface area contributed by atoms with E-state index in [-0.39, 0.29) is 17.7 Å². The summed E-state index contributed by atoms with van der Waals surface area (Å²) in [7, 11) is 0. The van der Waals surface area contributed by atoms with Crippen molar-refractivity contribution < 1.29 is 24.5 Å². The van der Waals surface area contributed by atoms with Gasteiger partial charge in [-0.15, -0.1) is 0 Å². The van der Waals surface area contributed by atoms with Crippen LogP contribution in [0.3, 0.4) is 0 Å². The van der Waals surface area contributed by atoms with Gasteiger partial charge in [0, 0.05) is 0 Å². The van der Waals surface area contributed by atoms with Gasteiger partial charge < -0.3 is 14.9 Å². The molecule has 0 aliphatic carbocycles. The first-order valence-corrected chi connectivity index (χ1v) is 5.11. The highest BCUT2D eigenvalue weighted by atomic mass is 16.5. The van der Waals surface area contributed by atoms with Gasteiger partial charge in [-0.1, -0.05) is 12.1 Å². The Labute approximate surface area is 98.6 Å². The van der Waals surface area contributed by atoms with Gasteiger partial charge in [0.1, 0.15) is 6.61 Å². The molecule has 0 spiro atoms. The van der Waals surface area contributed by atoms with E-state index in [2.05, 4.69) is 0 Å². The van der Waals surface area contributed by atoms with Crippen LogP contribution in [-0.4, -0.2) is 34.9 Å². The lowest BCUT2D eigenvalue weighted by atomic mass is 10.0. The molecule has 17 heavy (non-hydrogen) atoms. The van der Waals surface area contributed by atoms with E-state index in [9.17, 15) is 9.59 Å². The summed E-state index contributed by atoms with van der Waals surface area (Å²) < 4.78 is 4.78. The Morgan fingerprint density at radius 2 is 2.06 bits per heavy atom. The van der Waals surface area contributed by atoms with Crippen molar-refractivity contribution in [3.05, 3.63) is 34.9 Å². The number of ether oxygens (including phenoxy) is 1. The van der Waals surface area contributed by atoms with Crippen LogP contribution in [0.15, 0.2) is 18.2 Å². The maximum atomic E-state index is 11.6. The van der Waals surface area contributed by atoms with Gasteiger partial charge in [0.2, 0.25) is 0 Å². The van der Waals surface area contributed by atoms with Crippen molar-refractivity contribution in [1.29, 1.82) is 0 Å². The predicted octanol–water partition coefficient (Wildman–Crippen LogP) is 1.23. The number of carboxylic acid groups (broad SMARTS) is 1. The quantitative estimate of drug-likeness (QED) is 0.771. The molecule has 1 aromatic rings. The molecule has 1 rings (SSSR count). The fourth-order valence-corrected chi connectivity index (χ4v) is 1.40. The third-order valence-electron chi connectivity index (χ3n) is 2.16. The van der Waals surface area contributed by atoms with Crippen molar-refractivity contribution in [2.24, 2.45) is 0 Å². The summed E-state index contributed by atoms with van der Waals surface area (Å²) in [6.45, 7) is 2.92. The lowest BCUT2D eigenvalue weighted by Gasteiger charge is -2.10. The molecule has 0 aliphatic heterocycles. The first kappa shape index (κ1) is 13.2. The standard InChI is InChI=1S/C12H14O5/c1-7-4-3-5-9(10(7)11(14)15)12(16)17-6-8(2)13/h3-5,8,13H,6H2,1-2H3,(H,14,15). The Hall–Kier alpha value is -1.88.